The number of benzene rings is 1. The summed E-state index contributed by atoms with van der Waals surface area (Å²) in [4.78, 5) is 33.1. The topological polar surface area (TPSA) is 54.7 Å². The van der Waals surface area contributed by atoms with Crippen LogP contribution in [0.1, 0.15) is 28.8 Å². The normalized spacial score (nSPS) is 13.7. The predicted molar refractivity (Wildman–Crippen MR) is 103 cm³/mol. The summed E-state index contributed by atoms with van der Waals surface area (Å²) in [6.45, 7) is 0.509. The number of rotatable bonds is 5. The monoisotopic (exact) mass is 365 g/mol. The van der Waals surface area contributed by atoms with Gasteiger partial charge >= 0.3 is 0 Å². The molecule has 0 unspecified atom stereocenters. The van der Waals surface area contributed by atoms with Crippen molar-refractivity contribution in [2.24, 2.45) is 0 Å². The van der Waals surface area contributed by atoms with Crippen molar-refractivity contribution in [1.29, 1.82) is 0 Å². The molecule has 0 radical (unpaired) electrons. The molecule has 2 heterocycles. The van der Waals surface area contributed by atoms with Gasteiger partial charge in [0.1, 0.15) is 11.2 Å². The molecule has 1 aliphatic carbocycles. The van der Waals surface area contributed by atoms with Crippen molar-refractivity contribution in [2.75, 3.05) is 6.26 Å². The first-order valence-corrected chi connectivity index (χ1v) is 9.80. The molecule has 0 spiro atoms. The Hall–Kier alpha value is -2.60. The van der Waals surface area contributed by atoms with E-state index in [2.05, 4.69) is 17.1 Å². The van der Waals surface area contributed by atoms with E-state index in [4.69, 9.17) is 0 Å². The Morgan fingerprint density at radius 1 is 1.23 bits per heavy atom. The number of carbonyl (C=O) groups excluding carboxylic acids is 1. The fourth-order valence-corrected chi connectivity index (χ4v) is 3.42. The molecule has 1 fully saturated rings. The van der Waals surface area contributed by atoms with Gasteiger partial charge in [0, 0.05) is 29.9 Å². The van der Waals surface area contributed by atoms with E-state index in [1.54, 1.807) is 30.1 Å². The van der Waals surface area contributed by atoms with Gasteiger partial charge in [-0.25, -0.2) is 4.98 Å². The molecule has 0 saturated heterocycles. The maximum atomic E-state index is 13.1. The fourth-order valence-electron chi connectivity index (χ4n) is 3.01. The lowest BCUT2D eigenvalue weighted by molar-refractivity contribution is 0.0727. The molecule has 5 nitrogen and oxygen atoms in total. The molecule has 3 aromatic rings. The zero-order valence-corrected chi connectivity index (χ0v) is 15.3. The highest BCUT2D eigenvalue weighted by atomic mass is 32.2. The average molecular weight is 365 g/mol. The standard InChI is InChI=1S/C20H19N3O2S/c1-26-16-9-5-14(6-10-16)13-23(15-7-8-15)20(25)17-12-21-18-4-2-3-11-22(18)19(17)24/h2-6,9-12,15H,7-8,13H2,1H3. The molecule has 4 rings (SSSR count). The van der Waals surface area contributed by atoms with E-state index in [1.807, 2.05) is 29.4 Å². The van der Waals surface area contributed by atoms with Crippen molar-refractivity contribution >= 4 is 23.3 Å². The van der Waals surface area contributed by atoms with Gasteiger partial charge in [0.15, 0.2) is 0 Å². The summed E-state index contributed by atoms with van der Waals surface area (Å²) in [5.74, 6) is -0.239. The van der Waals surface area contributed by atoms with E-state index in [0.717, 1.165) is 18.4 Å². The number of pyridine rings is 1. The largest absolute Gasteiger partial charge is 0.331 e. The number of fused-ring (bicyclic) bond motifs is 1. The minimum absolute atomic E-state index is 0.126. The van der Waals surface area contributed by atoms with Crippen molar-refractivity contribution in [3.8, 4) is 0 Å². The van der Waals surface area contributed by atoms with E-state index in [9.17, 15) is 9.59 Å². The Bertz CT molecular complexity index is 1010. The van der Waals surface area contributed by atoms with Crippen LogP contribution < -0.4 is 5.56 Å². The van der Waals surface area contributed by atoms with Gasteiger partial charge in [-0.1, -0.05) is 18.2 Å². The molecule has 26 heavy (non-hydrogen) atoms. The second-order valence-electron chi connectivity index (χ2n) is 6.42. The van der Waals surface area contributed by atoms with Crippen LogP contribution in [0.5, 0.6) is 0 Å². The molecule has 1 amide bonds. The second-order valence-corrected chi connectivity index (χ2v) is 7.30. The molecule has 0 bridgehead atoms. The summed E-state index contributed by atoms with van der Waals surface area (Å²) in [6.07, 6.45) is 7.05. The zero-order valence-electron chi connectivity index (χ0n) is 14.5. The summed E-state index contributed by atoms with van der Waals surface area (Å²) in [5, 5.41) is 0. The Labute approximate surface area is 155 Å². The summed E-state index contributed by atoms with van der Waals surface area (Å²) >= 11 is 1.69. The van der Waals surface area contributed by atoms with Crippen LogP contribution in [0.25, 0.3) is 5.65 Å². The molecular weight excluding hydrogens is 346 g/mol. The van der Waals surface area contributed by atoms with Gasteiger partial charge in [-0.15, -0.1) is 11.8 Å². The molecule has 1 aliphatic rings. The number of thioether (sulfide) groups is 1. The second kappa shape index (κ2) is 6.96. The quantitative estimate of drug-likeness (QED) is 0.652. The first kappa shape index (κ1) is 16.8. The lowest BCUT2D eigenvalue weighted by Crippen LogP contribution is -2.37. The predicted octanol–water partition coefficient (Wildman–Crippen LogP) is 3.22. The van der Waals surface area contributed by atoms with Gasteiger partial charge in [-0.3, -0.25) is 14.0 Å². The number of carbonyl (C=O) groups is 1. The fraction of sp³-hybridized carbons (Fsp3) is 0.250. The third-order valence-electron chi connectivity index (χ3n) is 4.60. The molecule has 0 aliphatic heterocycles. The van der Waals surface area contributed by atoms with Crippen molar-refractivity contribution in [3.05, 3.63) is 76.3 Å². The number of hydrogen-bond acceptors (Lipinski definition) is 4. The van der Waals surface area contributed by atoms with Crippen LogP contribution in [0.2, 0.25) is 0 Å². The number of amides is 1. The van der Waals surface area contributed by atoms with Crippen LogP contribution in [-0.4, -0.2) is 32.5 Å². The maximum absolute atomic E-state index is 13.1. The molecule has 0 atom stereocenters. The van der Waals surface area contributed by atoms with E-state index >= 15 is 0 Å². The third kappa shape index (κ3) is 3.24. The van der Waals surface area contributed by atoms with Gasteiger partial charge in [0.2, 0.25) is 0 Å². The summed E-state index contributed by atoms with van der Waals surface area (Å²) in [7, 11) is 0. The zero-order chi connectivity index (χ0) is 18.1. The summed E-state index contributed by atoms with van der Waals surface area (Å²) < 4.78 is 1.42. The van der Waals surface area contributed by atoms with Gasteiger partial charge in [0.05, 0.1) is 0 Å². The van der Waals surface area contributed by atoms with Crippen molar-refractivity contribution in [3.63, 3.8) is 0 Å². The SMILES string of the molecule is CSc1ccc(CN(C(=O)c2cnc3ccccn3c2=O)C2CC2)cc1. The minimum Gasteiger partial charge on any atom is -0.331 e. The molecule has 0 N–H and O–H groups in total. The van der Waals surface area contributed by atoms with Crippen molar-refractivity contribution in [2.45, 2.75) is 30.3 Å². The molecular formula is C20H19N3O2S. The maximum Gasteiger partial charge on any atom is 0.270 e. The van der Waals surface area contributed by atoms with E-state index in [0.29, 0.717) is 12.2 Å². The van der Waals surface area contributed by atoms with Crippen LogP contribution in [0.3, 0.4) is 0 Å². The van der Waals surface area contributed by atoms with Crippen molar-refractivity contribution in [1.82, 2.24) is 14.3 Å². The van der Waals surface area contributed by atoms with Gasteiger partial charge in [-0.05, 0) is 48.9 Å². The van der Waals surface area contributed by atoms with E-state index in [1.165, 1.54) is 15.5 Å². The Balaban J connectivity index is 1.65. The highest BCUT2D eigenvalue weighted by molar-refractivity contribution is 7.98. The molecule has 1 saturated carbocycles. The number of hydrogen-bond donors (Lipinski definition) is 0. The third-order valence-corrected chi connectivity index (χ3v) is 5.35. The average Bonchev–Trinajstić information content (AvgIpc) is 3.52. The Morgan fingerprint density at radius 3 is 2.69 bits per heavy atom. The van der Waals surface area contributed by atoms with Gasteiger partial charge < -0.3 is 4.90 Å². The highest BCUT2D eigenvalue weighted by Gasteiger charge is 2.34. The van der Waals surface area contributed by atoms with Crippen LogP contribution >= 0.6 is 11.8 Å². The Morgan fingerprint density at radius 2 is 2.00 bits per heavy atom. The lowest BCUT2D eigenvalue weighted by Gasteiger charge is -2.22. The van der Waals surface area contributed by atoms with Crippen LogP contribution in [0, 0.1) is 0 Å². The van der Waals surface area contributed by atoms with Crippen LogP contribution in [-0.2, 0) is 6.54 Å². The lowest BCUT2D eigenvalue weighted by atomic mass is 10.2. The number of aromatic nitrogens is 2. The van der Waals surface area contributed by atoms with Crippen molar-refractivity contribution < 1.29 is 4.79 Å². The van der Waals surface area contributed by atoms with Gasteiger partial charge in [-0.2, -0.15) is 0 Å². The smallest absolute Gasteiger partial charge is 0.270 e. The molecule has 6 heteroatoms. The van der Waals surface area contributed by atoms with Gasteiger partial charge in [0.25, 0.3) is 11.5 Å². The summed E-state index contributed by atoms with van der Waals surface area (Å²) in [6, 6.07) is 13.7. The summed E-state index contributed by atoms with van der Waals surface area (Å²) in [5.41, 5.74) is 1.42. The number of nitrogens with zero attached hydrogens (tertiary/aromatic N) is 3. The minimum atomic E-state index is -0.316. The van der Waals surface area contributed by atoms with Crippen LogP contribution in [0.4, 0.5) is 0 Å². The molecule has 132 valence electrons. The molecule has 1 aromatic carbocycles. The van der Waals surface area contributed by atoms with E-state index in [-0.39, 0.29) is 23.1 Å². The first-order chi connectivity index (χ1) is 12.7. The first-order valence-electron chi connectivity index (χ1n) is 8.57. The van der Waals surface area contributed by atoms with Crippen LogP contribution in [0.15, 0.2) is 64.5 Å². The highest BCUT2D eigenvalue weighted by Crippen LogP contribution is 2.29. The van der Waals surface area contributed by atoms with E-state index < -0.39 is 0 Å². The molecule has 2 aromatic heterocycles. The Kier molecular flexibility index (Phi) is 4.51.